The lowest BCUT2D eigenvalue weighted by Crippen LogP contribution is -2.19. The van der Waals surface area contributed by atoms with Gasteiger partial charge in [-0.15, -0.1) is 0 Å². The van der Waals surface area contributed by atoms with Crippen molar-refractivity contribution in [1.82, 2.24) is 0 Å². The van der Waals surface area contributed by atoms with Gasteiger partial charge in [0, 0.05) is 0 Å². The Bertz CT molecular complexity index is 338. The molecule has 0 amide bonds. The Labute approximate surface area is 146 Å². The van der Waals surface area contributed by atoms with Gasteiger partial charge in [-0.3, -0.25) is 9.59 Å². The number of carbonyl (C=O) groups is 2. The summed E-state index contributed by atoms with van der Waals surface area (Å²) in [5, 5.41) is 7.97. The third-order valence-corrected chi connectivity index (χ3v) is 3.60. The van der Waals surface area contributed by atoms with Gasteiger partial charge in [0.2, 0.25) is 0 Å². The van der Waals surface area contributed by atoms with Crippen molar-refractivity contribution in [2.75, 3.05) is 26.3 Å². The minimum absolute atomic E-state index is 0.242. The summed E-state index contributed by atoms with van der Waals surface area (Å²) in [7, 11) is 0. The molecule has 0 aromatic heterocycles. The Morgan fingerprint density at radius 3 is 1.46 bits per heavy atom. The van der Waals surface area contributed by atoms with Gasteiger partial charge in [0.15, 0.2) is 0 Å². The van der Waals surface area contributed by atoms with Crippen molar-refractivity contribution in [2.24, 2.45) is 22.1 Å². The first-order valence-electron chi connectivity index (χ1n) is 9.19. The maximum absolute atomic E-state index is 11.7. The van der Waals surface area contributed by atoms with Gasteiger partial charge in [-0.2, -0.15) is 10.2 Å². The van der Waals surface area contributed by atoms with Crippen molar-refractivity contribution in [3.8, 4) is 0 Å². The van der Waals surface area contributed by atoms with E-state index in [1.54, 1.807) is 13.8 Å². The third-order valence-electron chi connectivity index (χ3n) is 3.60. The molecule has 0 rings (SSSR count). The van der Waals surface area contributed by atoms with Gasteiger partial charge in [-0.1, -0.05) is 53.4 Å². The molecule has 0 aliphatic heterocycles. The van der Waals surface area contributed by atoms with Crippen molar-refractivity contribution in [3.63, 3.8) is 0 Å². The molecule has 0 aromatic rings. The van der Waals surface area contributed by atoms with Crippen LogP contribution in [0.25, 0.3) is 0 Å². The number of esters is 2. The predicted octanol–water partition coefficient (Wildman–Crippen LogP) is 4.18. The van der Waals surface area contributed by atoms with Gasteiger partial charge in [0.1, 0.15) is 0 Å². The number of carbonyl (C=O) groups excluding carboxylic acids is 2. The number of azo groups is 1. The second-order valence-corrected chi connectivity index (χ2v) is 6.20. The molecule has 0 aromatic carbocycles. The van der Waals surface area contributed by atoms with Crippen LogP contribution in [0.15, 0.2) is 10.2 Å². The second-order valence-electron chi connectivity index (χ2n) is 6.20. The molecule has 0 radical (unpaired) electrons. The standard InChI is InChI=1S/C18H34N2O4/c1-5-7-9-11-23-17(21)15(3)13-19-20-14-16(4)18(22)24-12-10-8-6-2/h15-16H,5-14H2,1-4H3. The number of hydrogen-bond acceptors (Lipinski definition) is 6. The van der Waals surface area contributed by atoms with Gasteiger partial charge in [0.25, 0.3) is 0 Å². The van der Waals surface area contributed by atoms with Gasteiger partial charge in [0.05, 0.1) is 38.1 Å². The quantitative estimate of drug-likeness (QED) is 0.269. The number of ether oxygens (including phenoxy) is 2. The van der Waals surface area contributed by atoms with Crippen LogP contribution in [0.4, 0.5) is 0 Å². The molecule has 0 fully saturated rings. The summed E-state index contributed by atoms with van der Waals surface area (Å²) < 4.78 is 10.3. The molecule has 0 saturated carbocycles. The highest BCUT2D eigenvalue weighted by atomic mass is 16.5. The van der Waals surface area contributed by atoms with E-state index in [-0.39, 0.29) is 36.9 Å². The topological polar surface area (TPSA) is 77.3 Å². The molecule has 6 heteroatoms. The van der Waals surface area contributed by atoms with Crippen molar-refractivity contribution in [1.29, 1.82) is 0 Å². The SMILES string of the molecule is CCCCCOC(=O)C(C)CN=NCC(C)C(=O)OCCCCC. The van der Waals surface area contributed by atoms with E-state index in [0.29, 0.717) is 13.2 Å². The molecule has 0 heterocycles. The number of unbranched alkanes of at least 4 members (excludes halogenated alkanes) is 4. The predicted molar refractivity (Wildman–Crippen MR) is 93.9 cm³/mol. The zero-order chi connectivity index (χ0) is 18.2. The molecule has 2 atom stereocenters. The van der Waals surface area contributed by atoms with Crippen LogP contribution >= 0.6 is 0 Å². The molecule has 6 nitrogen and oxygen atoms in total. The van der Waals surface area contributed by atoms with E-state index in [0.717, 1.165) is 38.5 Å². The van der Waals surface area contributed by atoms with Gasteiger partial charge in [-0.25, -0.2) is 0 Å². The van der Waals surface area contributed by atoms with Crippen molar-refractivity contribution >= 4 is 11.9 Å². The zero-order valence-corrected chi connectivity index (χ0v) is 15.8. The van der Waals surface area contributed by atoms with Gasteiger partial charge < -0.3 is 9.47 Å². The maximum Gasteiger partial charge on any atom is 0.310 e. The van der Waals surface area contributed by atoms with Crippen molar-refractivity contribution in [3.05, 3.63) is 0 Å². The lowest BCUT2D eigenvalue weighted by atomic mass is 10.2. The van der Waals surface area contributed by atoms with E-state index >= 15 is 0 Å². The minimum Gasteiger partial charge on any atom is -0.465 e. The van der Waals surface area contributed by atoms with Gasteiger partial charge >= 0.3 is 11.9 Å². The monoisotopic (exact) mass is 342 g/mol. The minimum atomic E-state index is -0.313. The first kappa shape index (κ1) is 22.5. The molecular weight excluding hydrogens is 308 g/mol. The molecular formula is C18H34N2O4. The molecule has 0 bridgehead atoms. The van der Waals surface area contributed by atoms with E-state index in [1.165, 1.54) is 0 Å². The van der Waals surface area contributed by atoms with Crippen LogP contribution in [0.2, 0.25) is 0 Å². The molecule has 2 unspecified atom stereocenters. The van der Waals surface area contributed by atoms with Crippen molar-refractivity contribution in [2.45, 2.75) is 66.2 Å². The molecule has 0 spiro atoms. The fourth-order valence-corrected chi connectivity index (χ4v) is 1.84. The summed E-state index contributed by atoms with van der Waals surface area (Å²) in [6, 6.07) is 0. The van der Waals surface area contributed by atoms with E-state index in [9.17, 15) is 9.59 Å². The summed E-state index contributed by atoms with van der Waals surface area (Å²) in [6.07, 6.45) is 6.12. The van der Waals surface area contributed by atoms with Crippen LogP contribution in [0.3, 0.4) is 0 Å². The molecule has 24 heavy (non-hydrogen) atoms. The average Bonchev–Trinajstić information content (AvgIpc) is 2.58. The highest BCUT2D eigenvalue weighted by Crippen LogP contribution is 2.05. The first-order chi connectivity index (χ1) is 11.5. The molecule has 0 saturated heterocycles. The summed E-state index contributed by atoms with van der Waals surface area (Å²) in [4.78, 5) is 23.4. The van der Waals surface area contributed by atoms with E-state index in [4.69, 9.17) is 9.47 Å². The Morgan fingerprint density at radius 2 is 1.12 bits per heavy atom. The first-order valence-corrected chi connectivity index (χ1v) is 9.19. The number of nitrogens with zero attached hydrogens (tertiary/aromatic N) is 2. The summed E-state index contributed by atoms with van der Waals surface area (Å²) in [5.74, 6) is -1.11. The normalized spacial score (nSPS) is 13.7. The Morgan fingerprint density at radius 1 is 0.750 bits per heavy atom. The van der Waals surface area contributed by atoms with Crippen LogP contribution in [0.5, 0.6) is 0 Å². The van der Waals surface area contributed by atoms with Crippen LogP contribution < -0.4 is 0 Å². The maximum atomic E-state index is 11.7. The fourth-order valence-electron chi connectivity index (χ4n) is 1.84. The molecule has 0 aliphatic carbocycles. The summed E-state index contributed by atoms with van der Waals surface area (Å²) in [6.45, 7) is 9.25. The lowest BCUT2D eigenvalue weighted by Gasteiger charge is -2.09. The van der Waals surface area contributed by atoms with Crippen LogP contribution in [0.1, 0.15) is 66.2 Å². The van der Waals surface area contributed by atoms with Crippen LogP contribution in [0, 0.1) is 11.8 Å². The van der Waals surface area contributed by atoms with Gasteiger partial charge in [-0.05, 0) is 12.8 Å². The van der Waals surface area contributed by atoms with E-state index < -0.39 is 0 Å². The number of rotatable bonds is 14. The van der Waals surface area contributed by atoms with Crippen LogP contribution in [-0.2, 0) is 19.1 Å². The van der Waals surface area contributed by atoms with E-state index in [1.807, 2.05) is 0 Å². The highest BCUT2D eigenvalue weighted by Gasteiger charge is 2.15. The smallest absolute Gasteiger partial charge is 0.310 e. The lowest BCUT2D eigenvalue weighted by molar-refractivity contribution is -0.148. The van der Waals surface area contributed by atoms with E-state index in [2.05, 4.69) is 24.1 Å². The largest absolute Gasteiger partial charge is 0.465 e. The summed E-state index contributed by atoms with van der Waals surface area (Å²) in [5.41, 5.74) is 0. The average molecular weight is 342 g/mol. The second kappa shape index (κ2) is 15.1. The Hall–Kier alpha value is -1.46. The third kappa shape index (κ3) is 12.0. The Kier molecular flexibility index (Phi) is 14.2. The zero-order valence-electron chi connectivity index (χ0n) is 15.8. The molecule has 0 N–H and O–H groups in total. The van der Waals surface area contributed by atoms with Crippen LogP contribution in [-0.4, -0.2) is 38.2 Å². The molecule has 0 aliphatic rings. The van der Waals surface area contributed by atoms with Crippen molar-refractivity contribution < 1.29 is 19.1 Å². The fraction of sp³-hybridized carbons (Fsp3) is 0.889. The Balaban J connectivity index is 3.84. The highest BCUT2D eigenvalue weighted by molar-refractivity contribution is 5.72. The number of hydrogen-bond donors (Lipinski definition) is 0. The molecule has 140 valence electrons. The summed E-state index contributed by atoms with van der Waals surface area (Å²) >= 11 is 0.